The molecule has 0 saturated heterocycles. The summed E-state index contributed by atoms with van der Waals surface area (Å²) in [5.74, 6) is 2.95. The van der Waals surface area contributed by atoms with Crippen molar-refractivity contribution >= 4 is 88.7 Å². The van der Waals surface area contributed by atoms with Gasteiger partial charge in [0.2, 0.25) is 0 Å². The van der Waals surface area contributed by atoms with Crippen molar-refractivity contribution in [3.63, 3.8) is 0 Å². The van der Waals surface area contributed by atoms with Crippen LogP contribution in [-0.2, 0) is 0 Å². The Hall–Kier alpha value is -1.66. The quantitative estimate of drug-likeness (QED) is 0.111. The molecule has 2 atom stereocenters. The van der Waals surface area contributed by atoms with Gasteiger partial charge >= 0.3 is 0 Å². The minimum absolute atomic E-state index is 0.0670. The zero-order chi connectivity index (χ0) is 32.3. The van der Waals surface area contributed by atoms with Crippen molar-refractivity contribution in [1.29, 1.82) is 0 Å². The third-order valence-corrected chi connectivity index (χ3v) is 13.2. The maximum atomic E-state index is 7.11. The topological polar surface area (TPSA) is 70.0 Å². The lowest BCUT2D eigenvalue weighted by atomic mass is 9.71. The fraction of sp³-hybridized carbons (Fsp3) is 0.543. The Balaban J connectivity index is 1.48. The van der Waals surface area contributed by atoms with Crippen LogP contribution in [0.25, 0.3) is 42.9 Å². The van der Waals surface area contributed by atoms with Crippen LogP contribution in [-0.4, -0.2) is 30.7 Å². The number of unbranched alkanes of at least 4 members (excludes halogenated alkanes) is 2. The van der Waals surface area contributed by atoms with Gasteiger partial charge in [-0.15, -0.1) is 11.3 Å². The monoisotopic (exact) mass is 804 g/mol. The molecule has 0 N–H and O–H groups in total. The number of ether oxygens (including phenoxy) is 2. The number of halogens is 2. The molecule has 2 unspecified atom stereocenters. The van der Waals surface area contributed by atoms with Crippen LogP contribution in [0.15, 0.2) is 33.2 Å². The van der Waals surface area contributed by atoms with Gasteiger partial charge < -0.3 is 9.47 Å². The van der Waals surface area contributed by atoms with Gasteiger partial charge in [-0.2, -0.15) is 17.5 Å². The minimum atomic E-state index is -0.0670. The van der Waals surface area contributed by atoms with Crippen LogP contribution in [0.3, 0.4) is 0 Å². The highest BCUT2D eigenvalue weighted by atomic mass is 79.9. The molecule has 2 aromatic carbocycles. The molecule has 6 rings (SSSR count). The van der Waals surface area contributed by atoms with Gasteiger partial charge in [0, 0.05) is 25.5 Å². The van der Waals surface area contributed by atoms with Gasteiger partial charge in [0.05, 0.1) is 46.4 Å². The summed E-state index contributed by atoms with van der Waals surface area (Å²) in [6.07, 6.45) is 12.2. The van der Waals surface area contributed by atoms with E-state index in [4.69, 9.17) is 18.2 Å². The highest BCUT2D eigenvalue weighted by Crippen LogP contribution is 2.57. The van der Waals surface area contributed by atoms with E-state index < -0.39 is 0 Å². The van der Waals surface area contributed by atoms with Crippen molar-refractivity contribution in [2.24, 2.45) is 17.3 Å². The maximum absolute atomic E-state index is 7.11. The van der Waals surface area contributed by atoms with E-state index in [1.807, 2.05) is 0 Å². The molecule has 0 fully saturated rings. The number of thiophene rings is 1. The second-order valence-corrected chi connectivity index (χ2v) is 16.6. The van der Waals surface area contributed by atoms with Crippen LogP contribution < -0.4 is 9.47 Å². The zero-order valence-corrected chi connectivity index (χ0v) is 32.7. The Labute approximate surface area is 301 Å². The van der Waals surface area contributed by atoms with Gasteiger partial charge in [-0.05, 0) is 80.8 Å². The van der Waals surface area contributed by atoms with Crippen LogP contribution in [0, 0.1) is 17.3 Å². The van der Waals surface area contributed by atoms with E-state index >= 15 is 0 Å². The Morgan fingerprint density at radius 1 is 0.674 bits per heavy atom. The normalized spacial score (nSPS) is 15.8. The van der Waals surface area contributed by atoms with E-state index in [0.29, 0.717) is 25.0 Å². The van der Waals surface area contributed by atoms with Gasteiger partial charge in [-0.25, -0.2) is 0 Å². The maximum Gasteiger partial charge on any atom is 0.180 e. The first-order valence-corrected chi connectivity index (χ1v) is 20.5. The van der Waals surface area contributed by atoms with Gasteiger partial charge in [-0.3, -0.25) is 0 Å². The Morgan fingerprint density at radius 2 is 1.11 bits per heavy atom. The molecular formula is C35H42Br2N4O2S3. The largest absolute Gasteiger partial charge is 0.487 e. The lowest BCUT2D eigenvalue weighted by Crippen LogP contribution is -2.38. The number of rotatable bonds is 14. The summed E-state index contributed by atoms with van der Waals surface area (Å²) in [5, 5.41) is 0. The molecule has 0 bridgehead atoms. The second kappa shape index (κ2) is 15.3. The van der Waals surface area contributed by atoms with Crippen LogP contribution in [0.5, 0.6) is 11.5 Å². The Kier molecular flexibility index (Phi) is 11.4. The number of benzene rings is 2. The van der Waals surface area contributed by atoms with E-state index in [0.717, 1.165) is 76.2 Å². The molecule has 6 nitrogen and oxygen atoms in total. The van der Waals surface area contributed by atoms with Gasteiger partial charge in [0.1, 0.15) is 22.1 Å². The van der Waals surface area contributed by atoms with Gasteiger partial charge in [0.15, 0.2) is 11.5 Å². The summed E-state index contributed by atoms with van der Waals surface area (Å²) in [6, 6.07) is 8.38. The average Bonchev–Trinajstić information content (AvgIpc) is 3.81. The fourth-order valence-electron chi connectivity index (χ4n) is 6.98. The van der Waals surface area contributed by atoms with Crippen molar-refractivity contribution < 1.29 is 9.47 Å². The molecule has 5 aromatic rings. The smallest absolute Gasteiger partial charge is 0.180 e. The number of fused-ring (bicyclic) bond motifs is 3. The zero-order valence-electron chi connectivity index (χ0n) is 27.0. The van der Waals surface area contributed by atoms with Crippen LogP contribution in [0.4, 0.5) is 0 Å². The van der Waals surface area contributed by atoms with Crippen LogP contribution in [0.2, 0.25) is 0 Å². The summed E-state index contributed by atoms with van der Waals surface area (Å²) in [5.41, 5.74) is 5.46. The molecule has 11 heteroatoms. The van der Waals surface area contributed by atoms with Gasteiger partial charge in [0.25, 0.3) is 0 Å². The Morgan fingerprint density at radius 3 is 1.52 bits per heavy atom. The molecule has 3 aromatic heterocycles. The Bertz CT molecular complexity index is 1660. The first-order chi connectivity index (χ1) is 22.4. The molecule has 1 aliphatic rings. The molecule has 246 valence electrons. The molecule has 0 aliphatic carbocycles. The standard InChI is InChI=1S/C35H42Br2N4O2S3/c1-5-9-11-21(7-3)17-35(18-22(8-4)12-10-6-2)19-42-31-32(43-20-35)34(24-14-16-26(37)30-28(24)39-46-41-30)44-33(31)23-13-15-25(36)29-27(23)38-45-40-29/h13-16,21-22H,5-12,17-20H2,1-4H3. The highest BCUT2D eigenvalue weighted by molar-refractivity contribution is 9.11. The molecular weight excluding hydrogens is 764 g/mol. The van der Waals surface area contributed by atoms with E-state index in [-0.39, 0.29) is 5.41 Å². The predicted octanol–water partition coefficient (Wildman–Crippen LogP) is 12.6. The van der Waals surface area contributed by atoms with Crippen molar-refractivity contribution in [3.8, 4) is 32.4 Å². The molecule has 46 heavy (non-hydrogen) atoms. The van der Waals surface area contributed by atoms with E-state index in [1.54, 1.807) is 11.3 Å². The van der Waals surface area contributed by atoms with Crippen molar-refractivity contribution in [3.05, 3.63) is 33.2 Å². The average molecular weight is 807 g/mol. The summed E-state index contributed by atoms with van der Waals surface area (Å²) in [6.45, 7) is 10.6. The third-order valence-electron chi connectivity index (χ3n) is 9.62. The van der Waals surface area contributed by atoms with Crippen LogP contribution in [0.1, 0.15) is 91.9 Å². The number of nitrogens with zero attached hydrogens (tertiary/aromatic N) is 4. The van der Waals surface area contributed by atoms with E-state index in [1.165, 1.54) is 74.8 Å². The fourth-order valence-corrected chi connectivity index (χ4v) is 10.4. The highest BCUT2D eigenvalue weighted by Gasteiger charge is 2.41. The van der Waals surface area contributed by atoms with Crippen molar-refractivity contribution in [2.45, 2.75) is 91.9 Å². The summed E-state index contributed by atoms with van der Waals surface area (Å²) < 4.78 is 34.8. The molecule has 0 radical (unpaired) electrons. The molecule has 4 heterocycles. The predicted molar refractivity (Wildman–Crippen MR) is 202 cm³/mol. The molecule has 0 saturated carbocycles. The van der Waals surface area contributed by atoms with Crippen molar-refractivity contribution in [1.82, 2.24) is 17.5 Å². The molecule has 1 aliphatic heterocycles. The summed E-state index contributed by atoms with van der Waals surface area (Å²) >= 11 is 11.5. The minimum Gasteiger partial charge on any atom is -0.487 e. The lowest BCUT2D eigenvalue weighted by molar-refractivity contribution is 0.0449. The number of aromatic nitrogens is 4. The van der Waals surface area contributed by atoms with Gasteiger partial charge in [-0.1, -0.05) is 79.1 Å². The number of hydrogen-bond donors (Lipinski definition) is 0. The van der Waals surface area contributed by atoms with E-state index in [9.17, 15) is 0 Å². The summed E-state index contributed by atoms with van der Waals surface area (Å²) in [4.78, 5) is 2.06. The lowest BCUT2D eigenvalue weighted by Gasteiger charge is -2.37. The molecule has 0 amide bonds. The summed E-state index contributed by atoms with van der Waals surface area (Å²) in [7, 11) is 0. The third kappa shape index (κ3) is 6.91. The second-order valence-electron chi connectivity index (χ2n) is 12.8. The first kappa shape index (κ1) is 34.2. The van der Waals surface area contributed by atoms with Crippen LogP contribution >= 0.6 is 66.7 Å². The SMILES string of the molecule is CCCCC(CC)CC1(CC(CC)CCCC)COc2c(-c3ccc(Br)c4nsnc34)sc(-c3ccc(Br)c4nsnc34)c2OC1. The van der Waals surface area contributed by atoms with E-state index in [2.05, 4.69) is 92.6 Å². The molecule has 0 spiro atoms. The van der Waals surface area contributed by atoms with Crippen molar-refractivity contribution in [2.75, 3.05) is 13.2 Å². The first-order valence-electron chi connectivity index (χ1n) is 16.7. The number of hydrogen-bond acceptors (Lipinski definition) is 9.